The topological polar surface area (TPSA) is 110 Å². The number of nitrogen functional groups attached to an aromatic ring is 1. The molecule has 0 saturated carbocycles. The van der Waals surface area contributed by atoms with E-state index in [1.54, 1.807) is 39.2 Å². The molecule has 3 aromatic rings. The monoisotopic (exact) mass is 393 g/mol. The van der Waals surface area contributed by atoms with E-state index in [4.69, 9.17) is 5.73 Å². The van der Waals surface area contributed by atoms with E-state index in [0.29, 0.717) is 17.9 Å². The zero-order valence-corrected chi connectivity index (χ0v) is 17.4. The van der Waals surface area contributed by atoms with E-state index in [1.807, 2.05) is 30.7 Å². The van der Waals surface area contributed by atoms with E-state index in [2.05, 4.69) is 26.8 Å². The standard InChI is InChI=1S/C22H27N5O2/c1-14(2)22(5,29)8-6-15-10-16-17(18-7-9-24-20(23)26-18)12-27(13-21(3,4)28)19(16)11-25-15/h7,9-12,14,28-29H,13H2,1-5H3,(H2,23,24,26). The van der Waals surface area contributed by atoms with Crippen LogP contribution in [0.25, 0.3) is 22.2 Å². The first-order valence-electron chi connectivity index (χ1n) is 9.52. The minimum Gasteiger partial charge on any atom is -0.389 e. The minimum atomic E-state index is -1.10. The highest BCUT2D eigenvalue weighted by molar-refractivity contribution is 5.95. The van der Waals surface area contributed by atoms with Crippen molar-refractivity contribution in [2.24, 2.45) is 5.92 Å². The number of aliphatic hydroxyl groups is 2. The summed E-state index contributed by atoms with van der Waals surface area (Å²) < 4.78 is 1.94. The van der Waals surface area contributed by atoms with E-state index in [-0.39, 0.29) is 11.9 Å². The lowest BCUT2D eigenvalue weighted by molar-refractivity contribution is 0.0628. The molecule has 0 fully saturated rings. The summed E-state index contributed by atoms with van der Waals surface area (Å²) in [6.07, 6.45) is 5.26. The number of pyridine rings is 1. The fourth-order valence-electron chi connectivity index (χ4n) is 2.87. The van der Waals surface area contributed by atoms with E-state index in [9.17, 15) is 10.2 Å². The van der Waals surface area contributed by atoms with Gasteiger partial charge in [0.2, 0.25) is 5.95 Å². The molecule has 7 nitrogen and oxygen atoms in total. The van der Waals surface area contributed by atoms with Crippen molar-refractivity contribution in [3.8, 4) is 23.1 Å². The lowest BCUT2D eigenvalue weighted by Crippen LogP contribution is -2.28. The summed E-state index contributed by atoms with van der Waals surface area (Å²) >= 11 is 0. The Bertz CT molecular complexity index is 1100. The van der Waals surface area contributed by atoms with Gasteiger partial charge in [-0.2, -0.15) is 0 Å². The fourth-order valence-corrected chi connectivity index (χ4v) is 2.87. The van der Waals surface area contributed by atoms with Crippen LogP contribution in [0.2, 0.25) is 0 Å². The third-order valence-electron chi connectivity index (χ3n) is 4.84. The number of rotatable bonds is 4. The highest BCUT2D eigenvalue weighted by atomic mass is 16.3. The summed E-state index contributed by atoms with van der Waals surface area (Å²) in [6, 6.07) is 3.65. The van der Waals surface area contributed by atoms with Crippen LogP contribution < -0.4 is 5.73 Å². The maximum absolute atomic E-state index is 10.4. The van der Waals surface area contributed by atoms with Crippen LogP contribution in [-0.2, 0) is 6.54 Å². The third-order valence-corrected chi connectivity index (χ3v) is 4.84. The van der Waals surface area contributed by atoms with Gasteiger partial charge in [0.15, 0.2) is 0 Å². The van der Waals surface area contributed by atoms with E-state index >= 15 is 0 Å². The molecule has 4 N–H and O–H groups in total. The quantitative estimate of drug-likeness (QED) is 0.588. The molecule has 152 valence electrons. The van der Waals surface area contributed by atoms with E-state index in [1.165, 1.54) is 0 Å². The zero-order chi connectivity index (χ0) is 21.4. The molecule has 29 heavy (non-hydrogen) atoms. The molecule has 1 atom stereocenters. The second-order valence-electron chi connectivity index (χ2n) is 8.42. The van der Waals surface area contributed by atoms with Crippen LogP contribution in [0, 0.1) is 17.8 Å². The van der Waals surface area contributed by atoms with Gasteiger partial charge < -0.3 is 20.5 Å². The van der Waals surface area contributed by atoms with Crippen molar-refractivity contribution in [3.05, 3.63) is 36.4 Å². The van der Waals surface area contributed by atoms with Crippen LogP contribution in [0.1, 0.15) is 40.3 Å². The predicted molar refractivity (Wildman–Crippen MR) is 114 cm³/mol. The lowest BCUT2D eigenvalue weighted by Gasteiger charge is -2.20. The SMILES string of the molecule is CC(C)C(C)(O)C#Cc1cc2c(-c3ccnc(N)n3)cn(CC(C)(C)O)c2cn1. The summed E-state index contributed by atoms with van der Waals surface area (Å²) in [5, 5.41) is 21.6. The van der Waals surface area contributed by atoms with Gasteiger partial charge in [0.1, 0.15) is 11.3 Å². The number of hydrogen-bond donors (Lipinski definition) is 3. The van der Waals surface area contributed by atoms with Gasteiger partial charge in [-0.3, -0.25) is 0 Å². The maximum atomic E-state index is 10.4. The molecule has 0 bridgehead atoms. The van der Waals surface area contributed by atoms with Crippen LogP contribution in [0.15, 0.2) is 30.7 Å². The van der Waals surface area contributed by atoms with Crippen LogP contribution >= 0.6 is 0 Å². The molecular formula is C22H27N5O2. The largest absolute Gasteiger partial charge is 0.389 e. The molecule has 0 amide bonds. The number of anilines is 1. The molecule has 0 aliphatic carbocycles. The molecule has 0 spiro atoms. The van der Waals surface area contributed by atoms with Crippen LogP contribution in [-0.4, -0.2) is 40.9 Å². The Balaban J connectivity index is 2.17. The Morgan fingerprint density at radius 1 is 1.21 bits per heavy atom. The molecule has 3 heterocycles. The number of nitrogens with two attached hydrogens (primary N) is 1. The van der Waals surface area contributed by atoms with Crippen molar-refractivity contribution in [2.45, 2.75) is 52.4 Å². The van der Waals surface area contributed by atoms with E-state index in [0.717, 1.165) is 16.5 Å². The molecule has 0 radical (unpaired) electrons. The number of nitrogens with zero attached hydrogens (tertiary/aromatic N) is 4. The van der Waals surface area contributed by atoms with Crippen molar-refractivity contribution in [2.75, 3.05) is 5.73 Å². The van der Waals surface area contributed by atoms with Gasteiger partial charge in [0.05, 0.1) is 29.6 Å². The van der Waals surface area contributed by atoms with Gasteiger partial charge in [0.25, 0.3) is 0 Å². The maximum Gasteiger partial charge on any atom is 0.220 e. The summed E-state index contributed by atoms with van der Waals surface area (Å²) in [4.78, 5) is 12.7. The Hall–Kier alpha value is -2.95. The number of hydrogen-bond acceptors (Lipinski definition) is 6. The first-order chi connectivity index (χ1) is 13.5. The Kier molecular flexibility index (Phi) is 5.35. The van der Waals surface area contributed by atoms with Gasteiger partial charge in [-0.25, -0.2) is 15.0 Å². The first-order valence-corrected chi connectivity index (χ1v) is 9.52. The second-order valence-corrected chi connectivity index (χ2v) is 8.42. The Labute approximate surface area is 170 Å². The average Bonchev–Trinajstić information content (AvgIpc) is 2.96. The van der Waals surface area contributed by atoms with Crippen LogP contribution in [0.5, 0.6) is 0 Å². The van der Waals surface area contributed by atoms with Crippen molar-refractivity contribution in [1.29, 1.82) is 0 Å². The van der Waals surface area contributed by atoms with Gasteiger partial charge in [0, 0.05) is 23.3 Å². The highest BCUT2D eigenvalue weighted by Crippen LogP contribution is 2.31. The molecule has 7 heteroatoms. The van der Waals surface area contributed by atoms with Crippen LogP contribution in [0.3, 0.4) is 0 Å². The van der Waals surface area contributed by atoms with Crippen LogP contribution in [0.4, 0.5) is 5.95 Å². The third kappa shape index (κ3) is 4.73. The first kappa shape index (κ1) is 20.8. The minimum absolute atomic E-state index is 0.00819. The molecule has 0 aromatic carbocycles. The summed E-state index contributed by atoms with van der Waals surface area (Å²) in [5.41, 5.74) is 6.68. The molecule has 3 rings (SSSR count). The van der Waals surface area contributed by atoms with Gasteiger partial charge in [-0.1, -0.05) is 19.8 Å². The smallest absolute Gasteiger partial charge is 0.220 e. The predicted octanol–water partition coefficient (Wildman–Crippen LogP) is 2.60. The molecule has 0 saturated heterocycles. The van der Waals surface area contributed by atoms with E-state index < -0.39 is 11.2 Å². The summed E-state index contributed by atoms with van der Waals surface area (Å²) in [7, 11) is 0. The Morgan fingerprint density at radius 3 is 2.55 bits per heavy atom. The van der Waals surface area contributed by atoms with Crippen molar-refractivity contribution in [3.63, 3.8) is 0 Å². The van der Waals surface area contributed by atoms with Gasteiger partial charge >= 0.3 is 0 Å². The van der Waals surface area contributed by atoms with Crippen molar-refractivity contribution in [1.82, 2.24) is 19.5 Å². The molecule has 0 aliphatic rings. The number of aromatic nitrogens is 4. The van der Waals surface area contributed by atoms with Crippen molar-refractivity contribution >= 4 is 16.9 Å². The second kappa shape index (κ2) is 7.47. The lowest BCUT2D eigenvalue weighted by atomic mass is 9.93. The van der Waals surface area contributed by atoms with Crippen molar-refractivity contribution < 1.29 is 10.2 Å². The molecule has 1 unspecified atom stereocenters. The summed E-state index contributed by atoms with van der Waals surface area (Å²) in [6.45, 7) is 9.42. The van der Waals surface area contributed by atoms with Gasteiger partial charge in [-0.05, 0) is 44.7 Å². The number of fused-ring (bicyclic) bond motifs is 1. The van der Waals surface area contributed by atoms with Gasteiger partial charge in [-0.15, -0.1) is 0 Å². The molecular weight excluding hydrogens is 366 g/mol. The molecule has 0 aliphatic heterocycles. The Morgan fingerprint density at radius 2 is 1.93 bits per heavy atom. The molecule has 3 aromatic heterocycles. The fraction of sp³-hybridized carbons (Fsp3) is 0.409. The average molecular weight is 393 g/mol. The highest BCUT2D eigenvalue weighted by Gasteiger charge is 2.22. The summed E-state index contributed by atoms with van der Waals surface area (Å²) in [5.74, 6) is 6.06. The normalized spacial score (nSPS) is 13.9. The zero-order valence-electron chi connectivity index (χ0n) is 17.4.